The SMILES string of the molecule is O=C(O)c1ccc(-c2ccccc2CC(=O)N(Cc2ccccc2)[C@@H]2c3ccccc3CC[C@H]2Cc2ccccc2)cc1. The van der Waals surface area contributed by atoms with Crippen molar-refractivity contribution in [2.45, 2.75) is 38.3 Å². The lowest BCUT2D eigenvalue weighted by Gasteiger charge is -2.42. The molecule has 43 heavy (non-hydrogen) atoms. The van der Waals surface area contributed by atoms with Crippen LogP contribution in [0.2, 0.25) is 0 Å². The number of carbonyl (C=O) groups is 2. The Morgan fingerprint density at radius 1 is 0.698 bits per heavy atom. The minimum Gasteiger partial charge on any atom is -0.478 e. The molecule has 4 heteroatoms. The summed E-state index contributed by atoms with van der Waals surface area (Å²) < 4.78 is 0. The van der Waals surface area contributed by atoms with E-state index in [0.717, 1.165) is 41.5 Å². The first kappa shape index (κ1) is 28.2. The highest BCUT2D eigenvalue weighted by Crippen LogP contribution is 2.41. The lowest BCUT2D eigenvalue weighted by atomic mass is 9.76. The molecule has 0 aromatic heterocycles. The molecule has 1 N–H and O–H groups in total. The van der Waals surface area contributed by atoms with Gasteiger partial charge >= 0.3 is 5.97 Å². The number of rotatable bonds is 9. The van der Waals surface area contributed by atoms with Crippen LogP contribution in [-0.4, -0.2) is 21.9 Å². The van der Waals surface area contributed by atoms with Crippen LogP contribution >= 0.6 is 0 Å². The Kier molecular flexibility index (Phi) is 8.46. The summed E-state index contributed by atoms with van der Waals surface area (Å²) in [4.78, 5) is 28.1. The Morgan fingerprint density at radius 2 is 1.33 bits per heavy atom. The largest absolute Gasteiger partial charge is 0.478 e. The van der Waals surface area contributed by atoms with Crippen molar-refractivity contribution in [2.24, 2.45) is 5.92 Å². The highest BCUT2D eigenvalue weighted by molar-refractivity contribution is 5.89. The second-order valence-corrected chi connectivity index (χ2v) is 11.4. The Morgan fingerprint density at radius 3 is 2.05 bits per heavy atom. The Bertz CT molecular complexity index is 1700. The lowest BCUT2D eigenvalue weighted by Crippen LogP contribution is -2.42. The molecule has 1 aliphatic carbocycles. The Balaban J connectivity index is 1.38. The van der Waals surface area contributed by atoms with Crippen LogP contribution in [0.3, 0.4) is 0 Å². The maximum absolute atomic E-state index is 14.6. The molecule has 0 bridgehead atoms. The van der Waals surface area contributed by atoms with E-state index in [0.29, 0.717) is 6.54 Å². The average Bonchev–Trinajstić information content (AvgIpc) is 3.05. The number of carboxylic acid groups (broad SMARTS) is 1. The van der Waals surface area contributed by atoms with Crippen molar-refractivity contribution in [1.29, 1.82) is 0 Å². The van der Waals surface area contributed by atoms with Crippen molar-refractivity contribution in [3.8, 4) is 11.1 Å². The van der Waals surface area contributed by atoms with Crippen molar-refractivity contribution < 1.29 is 14.7 Å². The summed E-state index contributed by atoms with van der Waals surface area (Å²) in [6.07, 6.45) is 3.18. The number of carbonyl (C=O) groups excluding carboxylic acids is 1. The smallest absolute Gasteiger partial charge is 0.335 e. The predicted octanol–water partition coefficient (Wildman–Crippen LogP) is 8.17. The van der Waals surface area contributed by atoms with Gasteiger partial charge in [-0.2, -0.15) is 0 Å². The van der Waals surface area contributed by atoms with E-state index < -0.39 is 5.97 Å². The van der Waals surface area contributed by atoms with Gasteiger partial charge in [0, 0.05) is 6.54 Å². The molecule has 1 amide bonds. The molecule has 0 saturated heterocycles. The fraction of sp³-hybridized carbons (Fsp3) is 0.179. The molecular formula is C39H35NO3. The van der Waals surface area contributed by atoms with Crippen LogP contribution in [0, 0.1) is 5.92 Å². The van der Waals surface area contributed by atoms with E-state index in [1.807, 2.05) is 54.6 Å². The summed E-state index contributed by atoms with van der Waals surface area (Å²) in [5.74, 6) is -0.591. The van der Waals surface area contributed by atoms with E-state index in [-0.39, 0.29) is 29.9 Å². The van der Waals surface area contributed by atoms with Gasteiger partial charge in [0.2, 0.25) is 5.91 Å². The van der Waals surface area contributed by atoms with Crippen molar-refractivity contribution in [3.05, 3.63) is 167 Å². The number of aryl methyl sites for hydroxylation is 1. The monoisotopic (exact) mass is 565 g/mol. The number of hydrogen-bond acceptors (Lipinski definition) is 2. The summed E-state index contributed by atoms with van der Waals surface area (Å²) >= 11 is 0. The summed E-state index contributed by atoms with van der Waals surface area (Å²) in [5, 5.41) is 9.36. The number of amides is 1. The third kappa shape index (κ3) is 6.44. The van der Waals surface area contributed by atoms with E-state index in [2.05, 4.69) is 71.6 Å². The maximum atomic E-state index is 14.6. The van der Waals surface area contributed by atoms with E-state index in [1.54, 1.807) is 12.1 Å². The Hall–Kier alpha value is -4.96. The summed E-state index contributed by atoms with van der Waals surface area (Å²) in [6, 6.07) is 44.3. The lowest BCUT2D eigenvalue weighted by molar-refractivity contribution is -0.135. The maximum Gasteiger partial charge on any atom is 0.335 e. The van der Waals surface area contributed by atoms with Crippen LogP contribution in [0.15, 0.2) is 133 Å². The zero-order chi connectivity index (χ0) is 29.6. The minimum absolute atomic E-state index is 0.0557. The van der Waals surface area contributed by atoms with Crippen LogP contribution in [0.4, 0.5) is 0 Å². The number of carboxylic acids is 1. The molecule has 1 aliphatic rings. The topological polar surface area (TPSA) is 57.6 Å². The molecule has 5 aromatic carbocycles. The zero-order valence-electron chi connectivity index (χ0n) is 24.1. The second kappa shape index (κ2) is 12.9. The van der Waals surface area contributed by atoms with Gasteiger partial charge in [-0.15, -0.1) is 0 Å². The molecular weight excluding hydrogens is 530 g/mol. The molecule has 0 aliphatic heterocycles. The average molecular weight is 566 g/mol. The van der Waals surface area contributed by atoms with Gasteiger partial charge < -0.3 is 10.0 Å². The zero-order valence-corrected chi connectivity index (χ0v) is 24.1. The van der Waals surface area contributed by atoms with E-state index >= 15 is 0 Å². The molecule has 2 atom stereocenters. The quantitative estimate of drug-likeness (QED) is 0.196. The summed E-state index contributed by atoms with van der Waals surface area (Å²) in [6.45, 7) is 0.527. The number of fused-ring (bicyclic) bond motifs is 1. The van der Waals surface area contributed by atoms with Gasteiger partial charge in [0.1, 0.15) is 0 Å². The standard InChI is InChI=1S/C39H35NO3/c41-37(26-33-16-8-9-17-35(33)31-19-22-32(23-20-31)39(42)43)40(27-29-13-5-2-6-14-29)38-34(25-28-11-3-1-4-12-28)24-21-30-15-7-10-18-36(30)38/h1-20,22-23,34,38H,21,24-27H2,(H,42,43)/t34-,38-/m0/s1. The van der Waals surface area contributed by atoms with Gasteiger partial charge in [-0.1, -0.05) is 121 Å². The van der Waals surface area contributed by atoms with Gasteiger partial charge in [-0.3, -0.25) is 4.79 Å². The van der Waals surface area contributed by atoms with Crippen LogP contribution in [-0.2, 0) is 30.6 Å². The first-order valence-corrected chi connectivity index (χ1v) is 14.9. The third-order valence-corrected chi connectivity index (χ3v) is 8.60. The molecule has 214 valence electrons. The third-order valence-electron chi connectivity index (χ3n) is 8.60. The van der Waals surface area contributed by atoms with Crippen LogP contribution in [0.5, 0.6) is 0 Å². The highest BCUT2D eigenvalue weighted by atomic mass is 16.4. The van der Waals surface area contributed by atoms with Crippen LogP contribution < -0.4 is 0 Å². The molecule has 5 aromatic rings. The molecule has 0 unspecified atom stereocenters. The van der Waals surface area contributed by atoms with Crippen molar-refractivity contribution in [3.63, 3.8) is 0 Å². The summed E-state index contributed by atoms with van der Waals surface area (Å²) in [5.41, 5.74) is 7.97. The molecule has 6 rings (SSSR count). The number of aromatic carboxylic acids is 1. The van der Waals surface area contributed by atoms with Crippen LogP contribution in [0.25, 0.3) is 11.1 Å². The van der Waals surface area contributed by atoms with Crippen LogP contribution in [0.1, 0.15) is 50.6 Å². The molecule has 0 fully saturated rings. The van der Waals surface area contributed by atoms with Crippen molar-refractivity contribution >= 4 is 11.9 Å². The fourth-order valence-electron chi connectivity index (χ4n) is 6.49. The molecule has 0 radical (unpaired) electrons. The van der Waals surface area contributed by atoms with Gasteiger partial charge in [0.15, 0.2) is 0 Å². The summed E-state index contributed by atoms with van der Waals surface area (Å²) in [7, 11) is 0. The van der Waals surface area contributed by atoms with Crippen molar-refractivity contribution in [1.82, 2.24) is 4.90 Å². The normalized spacial score (nSPS) is 15.8. The number of nitrogens with zero attached hydrogens (tertiary/aromatic N) is 1. The Labute approximate surface area is 253 Å². The van der Waals surface area contributed by atoms with Gasteiger partial charge in [0.25, 0.3) is 0 Å². The predicted molar refractivity (Wildman–Crippen MR) is 171 cm³/mol. The molecule has 0 saturated carbocycles. The number of benzene rings is 5. The first-order chi connectivity index (χ1) is 21.1. The van der Waals surface area contributed by atoms with Gasteiger partial charge in [-0.25, -0.2) is 4.79 Å². The first-order valence-electron chi connectivity index (χ1n) is 14.9. The molecule has 0 heterocycles. The minimum atomic E-state index is -0.954. The molecule has 0 spiro atoms. The van der Waals surface area contributed by atoms with Gasteiger partial charge in [-0.05, 0) is 76.3 Å². The van der Waals surface area contributed by atoms with E-state index in [9.17, 15) is 14.7 Å². The highest BCUT2D eigenvalue weighted by Gasteiger charge is 2.36. The molecule has 4 nitrogen and oxygen atoms in total. The van der Waals surface area contributed by atoms with Crippen molar-refractivity contribution in [2.75, 3.05) is 0 Å². The second-order valence-electron chi connectivity index (χ2n) is 11.4. The van der Waals surface area contributed by atoms with E-state index in [1.165, 1.54) is 16.7 Å². The van der Waals surface area contributed by atoms with Gasteiger partial charge in [0.05, 0.1) is 18.0 Å². The van der Waals surface area contributed by atoms with E-state index in [4.69, 9.17) is 0 Å². The number of hydrogen-bond donors (Lipinski definition) is 1. The fourth-order valence-corrected chi connectivity index (χ4v) is 6.49.